The molecule has 1 aromatic heterocycles. The van der Waals surface area contributed by atoms with E-state index in [1.807, 2.05) is 24.4 Å². The molecule has 3 unspecified atom stereocenters. The molecule has 152 valence electrons. The Bertz CT molecular complexity index is 603. The summed E-state index contributed by atoms with van der Waals surface area (Å²) < 4.78 is 11.7. The molecule has 0 spiro atoms. The van der Waals surface area contributed by atoms with Crippen molar-refractivity contribution < 1.29 is 14.0 Å². The smallest absolute Gasteiger partial charge is 0.306 e. The lowest BCUT2D eigenvalue weighted by atomic mass is 9.84. The SMILES string of the molecule is COC(=O)CC(Sc1ccccn1)C1CCCC(O[Si](C)(C)C(C)(C)C)C1. The van der Waals surface area contributed by atoms with E-state index in [-0.39, 0.29) is 16.3 Å². The van der Waals surface area contributed by atoms with Crippen molar-refractivity contribution in [1.82, 2.24) is 4.98 Å². The Hall–Kier alpha value is -0.853. The van der Waals surface area contributed by atoms with Gasteiger partial charge in [-0.15, -0.1) is 11.8 Å². The number of carbonyl (C=O) groups excluding carboxylic acids is 1. The van der Waals surface area contributed by atoms with Crippen molar-refractivity contribution in [1.29, 1.82) is 0 Å². The Morgan fingerprint density at radius 3 is 2.67 bits per heavy atom. The van der Waals surface area contributed by atoms with E-state index >= 15 is 0 Å². The maximum absolute atomic E-state index is 12.0. The fourth-order valence-corrected chi connectivity index (χ4v) is 5.99. The zero-order valence-electron chi connectivity index (χ0n) is 17.7. The summed E-state index contributed by atoms with van der Waals surface area (Å²) in [6.07, 6.45) is 6.98. The summed E-state index contributed by atoms with van der Waals surface area (Å²) in [5.41, 5.74) is 0. The number of methoxy groups -OCH3 is 1. The van der Waals surface area contributed by atoms with Gasteiger partial charge in [-0.1, -0.05) is 33.3 Å². The first kappa shape index (κ1) is 22.4. The Morgan fingerprint density at radius 1 is 1.33 bits per heavy atom. The molecule has 0 aromatic carbocycles. The van der Waals surface area contributed by atoms with Crippen molar-refractivity contribution >= 4 is 26.0 Å². The van der Waals surface area contributed by atoms with Crippen LogP contribution >= 0.6 is 11.8 Å². The highest BCUT2D eigenvalue weighted by atomic mass is 32.2. The molecule has 0 amide bonds. The lowest BCUT2D eigenvalue weighted by Crippen LogP contribution is -2.45. The third-order valence-corrected chi connectivity index (χ3v) is 11.8. The van der Waals surface area contributed by atoms with E-state index in [9.17, 15) is 4.79 Å². The van der Waals surface area contributed by atoms with Crippen molar-refractivity contribution in [2.75, 3.05) is 7.11 Å². The summed E-state index contributed by atoms with van der Waals surface area (Å²) in [6.45, 7) is 11.5. The molecule has 1 heterocycles. The van der Waals surface area contributed by atoms with Crippen LogP contribution in [0.1, 0.15) is 52.9 Å². The van der Waals surface area contributed by atoms with Crippen LogP contribution < -0.4 is 0 Å². The summed E-state index contributed by atoms with van der Waals surface area (Å²) >= 11 is 1.71. The fourth-order valence-electron chi connectivity index (χ4n) is 3.34. The van der Waals surface area contributed by atoms with Gasteiger partial charge in [-0.3, -0.25) is 4.79 Å². The number of hydrogen-bond donors (Lipinski definition) is 0. The van der Waals surface area contributed by atoms with E-state index in [0.717, 1.165) is 30.7 Å². The lowest BCUT2D eigenvalue weighted by molar-refractivity contribution is -0.140. The number of ether oxygens (including phenoxy) is 1. The highest BCUT2D eigenvalue weighted by Crippen LogP contribution is 2.42. The van der Waals surface area contributed by atoms with E-state index < -0.39 is 8.32 Å². The number of hydrogen-bond acceptors (Lipinski definition) is 5. The summed E-state index contributed by atoms with van der Waals surface area (Å²) in [6, 6.07) is 5.93. The minimum atomic E-state index is -1.78. The molecule has 3 atom stereocenters. The summed E-state index contributed by atoms with van der Waals surface area (Å²) in [5.74, 6) is 0.301. The predicted octanol–water partition coefficient (Wildman–Crippen LogP) is 5.69. The molecule has 6 heteroatoms. The normalized spacial score (nSPS) is 22.3. The van der Waals surface area contributed by atoms with Crippen LogP contribution in [0.3, 0.4) is 0 Å². The molecule has 27 heavy (non-hydrogen) atoms. The molecule has 1 fully saturated rings. The third-order valence-electron chi connectivity index (χ3n) is 5.97. The Morgan fingerprint density at radius 2 is 2.07 bits per heavy atom. The van der Waals surface area contributed by atoms with Gasteiger partial charge in [0, 0.05) is 17.6 Å². The molecular weight excluding hydrogens is 374 g/mol. The molecule has 0 N–H and O–H groups in total. The van der Waals surface area contributed by atoms with Crippen LogP contribution in [0, 0.1) is 5.92 Å². The van der Waals surface area contributed by atoms with Gasteiger partial charge in [-0.2, -0.15) is 0 Å². The number of thioether (sulfide) groups is 1. The number of pyridine rings is 1. The molecule has 4 nitrogen and oxygen atoms in total. The van der Waals surface area contributed by atoms with Gasteiger partial charge in [-0.25, -0.2) is 4.98 Å². The second-order valence-corrected chi connectivity index (χ2v) is 15.0. The number of aromatic nitrogens is 1. The van der Waals surface area contributed by atoms with Crippen LogP contribution in [-0.2, 0) is 14.0 Å². The van der Waals surface area contributed by atoms with E-state index in [1.165, 1.54) is 7.11 Å². The monoisotopic (exact) mass is 409 g/mol. The van der Waals surface area contributed by atoms with Gasteiger partial charge in [0.15, 0.2) is 8.32 Å². The summed E-state index contributed by atoms with van der Waals surface area (Å²) in [7, 11) is -0.313. The van der Waals surface area contributed by atoms with Crippen LogP contribution in [0.4, 0.5) is 0 Å². The van der Waals surface area contributed by atoms with Crippen LogP contribution in [-0.4, -0.2) is 37.7 Å². The van der Waals surface area contributed by atoms with Crippen molar-refractivity contribution in [2.45, 2.75) is 87.4 Å². The van der Waals surface area contributed by atoms with Crippen LogP contribution in [0.25, 0.3) is 0 Å². The Labute approximate surface area is 170 Å². The van der Waals surface area contributed by atoms with Gasteiger partial charge in [0.1, 0.15) is 0 Å². The van der Waals surface area contributed by atoms with Gasteiger partial charge in [0.05, 0.1) is 18.6 Å². The van der Waals surface area contributed by atoms with E-state index in [1.54, 1.807) is 11.8 Å². The molecule has 2 rings (SSSR count). The largest absolute Gasteiger partial charge is 0.469 e. The average Bonchev–Trinajstić information content (AvgIpc) is 2.61. The standard InChI is InChI=1S/C21H35NO3SSi/c1-21(2,3)27(5,6)25-17-11-9-10-16(14-17)18(15-20(23)24-4)26-19-12-7-8-13-22-19/h7-8,12-13,16-18H,9-11,14-15H2,1-6H3. The molecule has 1 aromatic rings. The second-order valence-electron chi connectivity index (χ2n) is 9.03. The molecule has 0 bridgehead atoms. The minimum Gasteiger partial charge on any atom is -0.469 e. The number of carbonyl (C=O) groups is 1. The first-order valence-corrected chi connectivity index (χ1v) is 13.7. The maximum atomic E-state index is 12.0. The predicted molar refractivity (Wildman–Crippen MR) is 115 cm³/mol. The van der Waals surface area contributed by atoms with Crippen LogP contribution in [0.5, 0.6) is 0 Å². The zero-order valence-corrected chi connectivity index (χ0v) is 19.5. The Balaban J connectivity index is 2.09. The lowest BCUT2D eigenvalue weighted by Gasteiger charge is -2.42. The quantitative estimate of drug-likeness (QED) is 0.329. The second kappa shape index (κ2) is 9.57. The highest BCUT2D eigenvalue weighted by molar-refractivity contribution is 7.99. The van der Waals surface area contributed by atoms with Crippen LogP contribution in [0.2, 0.25) is 18.1 Å². The highest BCUT2D eigenvalue weighted by Gasteiger charge is 2.41. The van der Waals surface area contributed by atoms with E-state index in [2.05, 4.69) is 38.8 Å². The number of rotatable bonds is 7. The first-order chi connectivity index (χ1) is 12.6. The molecule has 0 saturated heterocycles. The zero-order chi connectivity index (χ0) is 20.1. The minimum absolute atomic E-state index is 0.143. The fraction of sp³-hybridized carbons (Fsp3) is 0.714. The maximum Gasteiger partial charge on any atom is 0.306 e. The van der Waals surface area contributed by atoms with Gasteiger partial charge in [0.2, 0.25) is 0 Å². The molecular formula is C21H35NO3SSi. The van der Waals surface area contributed by atoms with Crippen molar-refractivity contribution in [3.8, 4) is 0 Å². The summed E-state index contributed by atoms with van der Waals surface area (Å²) in [5, 5.41) is 1.37. The Kier molecular flexibility index (Phi) is 7.95. The molecule has 1 aliphatic rings. The van der Waals surface area contributed by atoms with Gasteiger partial charge >= 0.3 is 5.97 Å². The van der Waals surface area contributed by atoms with Gasteiger partial charge in [0.25, 0.3) is 0 Å². The first-order valence-electron chi connectivity index (χ1n) is 9.94. The third kappa shape index (κ3) is 6.61. The molecule has 0 aliphatic heterocycles. The van der Waals surface area contributed by atoms with Crippen molar-refractivity contribution in [2.24, 2.45) is 5.92 Å². The van der Waals surface area contributed by atoms with Crippen molar-refractivity contribution in [3.05, 3.63) is 24.4 Å². The molecule has 1 aliphatic carbocycles. The molecule has 0 radical (unpaired) electrons. The number of esters is 1. The summed E-state index contributed by atoms with van der Waals surface area (Å²) in [4.78, 5) is 16.5. The van der Waals surface area contributed by atoms with Crippen molar-refractivity contribution in [3.63, 3.8) is 0 Å². The topological polar surface area (TPSA) is 48.4 Å². The molecule has 1 saturated carbocycles. The van der Waals surface area contributed by atoms with E-state index in [0.29, 0.717) is 18.4 Å². The van der Waals surface area contributed by atoms with Gasteiger partial charge < -0.3 is 9.16 Å². The van der Waals surface area contributed by atoms with E-state index in [4.69, 9.17) is 9.16 Å². The van der Waals surface area contributed by atoms with Gasteiger partial charge in [-0.05, 0) is 55.4 Å². The van der Waals surface area contributed by atoms with Crippen LogP contribution in [0.15, 0.2) is 29.4 Å². The average molecular weight is 410 g/mol. The number of nitrogens with zero attached hydrogens (tertiary/aromatic N) is 1.